The molecule has 116 valence electrons. The largest absolute Gasteiger partial charge is 0.381 e. The van der Waals surface area contributed by atoms with Gasteiger partial charge in [-0.3, -0.25) is 4.79 Å². The lowest BCUT2D eigenvalue weighted by Crippen LogP contribution is -2.59. The number of amides is 1. The Morgan fingerprint density at radius 2 is 1.80 bits per heavy atom. The molecule has 2 aliphatic rings. The number of ether oxygens (including phenoxy) is 1. The summed E-state index contributed by atoms with van der Waals surface area (Å²) in [6, 6.07) is 0.203. The van der Waals surface area contributed by atoms with E-state index in [1.807, 2.05) is 0 Å². The molecule has 3 N–H and O–H groups in total. The fraction of sp³-hybridized carbons (Fsp3) is 0.938. The van der Waals surface area contributed by atoms with Crippen molar-refractivity contribution in [2.45, 2.75) is 70.4 Å². The first-order valence-electron chi connectivity index (χ1n) is 8.20. The second-order valence-electron chi connectivity index (χ2n) is 6.79. The predicted octanol–water partition coefficient (Wildman–Crippen LogP) is 2.22. The average molecular weight is 282 g/mol. The average Bonchev–Trinajstić information content (AvgIpc) is 2.48. The van der Waals surface area contributed by atoms with Crippen LogP contribution in [0.3, 0.4) is 0 Å². The predicted molar refractivity (Wildman–Crippen MR) is 80.3 cm³/mol. The second kappa shape index (κ2) is 6.90. The molecule has 0 aromatic carbocycles. The Labute approximate surface area is 122 Å². The molecular weight excluding hydrogens is 252 g/mol. The molecule has 1 saturated heterocycles. The molecule has 0 radical (unpaired) electrons. The van der Waals surface area contributed by atoms with E-state index < -0.39 is 5.54 Å². The van der Waals surface area contributed by atoms with E-state index in [1.165, 1.54) is 32.1 Å². The topological polar surface area (TPSA) is 64.4 Å². The summed E-state index contributed by atoms with van der Waals surface area (Å²) in [5.74, 6) is 1.29. The van der Waals surface area contributed by atoms with Crippen molar-refractivity contribution in [3.63, 3.8) is 0 Å². The molecule has 4 nitrogen and oxygen atoms in total. The molecule has 0 aromatic heterocycles. The molecule has 1 aliphatic carbocycles. The van der Waals surface area contributed by atoms with Crippen molar-refractivity contribution in [3.8, 4) is 0 Å². The van der Waals surface area contributed by atoms with Gasteiger partial charge in [0, 0.05) is 19.3 Å². The Morgan fingerprint density at radius 3 is 2.40 bits per heavy atom. The lowest BCUT2D eigenvalue weighted by molar-refractivity contribution is -0.130. The lowest BCUT2D eigenvalue weighted by atomic mass is 9.77. The molecular formula is C16H30N2O2. The Bertz CT molecular complexity index is 320. The minimum absolute atomic E-state index is 0.0101. The number of carbonyl (C=O) groups excluding carboxylic acids is 1. The highest BCUT2D eigenvalue weighted by Gasteiger charge is 2.37. The molecule has 2 fully saturated rings. The third-order valence-electron chi connectivity index (χ3n) is 5.38. The van der Waals surface area contributed by atoms with E-state index in [4.69, 9.17) is 10.5 Å². The van der Waals surface area contributed by atoms with Crippen LogP contribution in [0.5, 0.6) is 0 Å². The van der Waals surface area contributed by atoms with Crippen LogP contribution in [0.1, 0.15) is 58.8 Å². The molecule has 1 aliphatic heterocycles. The van der Waals surface area contributed by atoms with Crippen molar-refractivity contribution in [3.05, 3.63) is 0 Å². The number of nitrogens with one attached hydrogen (secondary N) is 1. The van der Waals surface area contributed by atoms with E-state index in [-0.39, 0.29) is 11.9 Å². The van der Waals surface area contributed by atoms with Crippen LogP contribution in [0.15, 0.2) is 0 Å². The van der Waals surface area contributed by atoms with Crippen LogP contribution in [0, 0.1) is 11.8 Å². The van der Waals surface area contributed by atoms with Crippen LogP contribution in [0.25, 0.3) is 0 Å². The van der Waals surface area contributed by atoms with Gasteiger partial charge < -0.3 is 15.8 Å². The van der Waals surface area contributed by atoms with Crippen LogP contribution < -0.4 is 11.1 Å². The summed E-state index contributed by atoms with van der Waals surface area (Å²) >= 11 is 0. The maximum absolute atomic E-state index is 12.4. The highest BCUT2D eigenvalue weighted by molar-refractivity contribution is 5.86. The zero-order chi connectivity index (χ0) is 14.6. The van der Waals surface area contributed by atoms with Crippen molar-refractivity contribution in [1.82, 2.24) is 5.32 Å². The fourth-order valence-corrected chi connectivity index (χ4v) is 3.51. The Hall–Kier alpha value is -0.610. The number of nitrogens with two attached hydrogens (primary N) is 1. The molecule has 1 heterocycles. The van der Waals surface area contributed by atoms with Gasteiger partial charge in [-0.05, 0) is 31.6 Å². The maximum Gasteiger partial charge on any atom is 0.240 e. The monoisotopic (exact) mass is 282 g/mol. The number of hydrogen-bond donors (Lipinski definition) is 2. The zero-order valence-electron chi connectivity index (χ0n) is 13.0. The Morgan fingerprint density at radius 1 is 1.20 bits per heavy atom. The van der Waals surface area contributed by atoms with Gasteiger partial charge in [0.25, 0.3) is 0 Å². The SMILES string of the molecule is CC(NC(=O)C1(N)CCOCC1)C(C)C1CCCCC1. The van der Waals surface area contributed by atoms with E-state index in [0.717, 1.165) is 5.92 Å². The first-order chi connectivity index (χ1) is 9.53. The molecule has 1 amide bonds. The summed E-state index contributed by atoms with van der Waals surface area (Å²) in [6.45, 7) is 5.58. The summed E-state index contributed by atoms with van der Waals surface area (Å²) in [5, 5.41) is 3.17. The van der Waals surface area contributed by atoms with Gasteiger partial charge >= 0.3 is 0 Å². The van der Waals surface area contributed by atoms with Crippen LogP contribution >= 0.6 is 0 Å². The van der Waals surface area contributed by atoms with Crippen LogP contribution in [0.4, 0.5) is 0 Å². The number of hydrogen-bond acceptors (Lipinski definition) is 3. The number of carbonyl (C=O) groups is 1. The van der Waals surface area contributed by atoms with E-state index >= 15 is 0 Å². The summed E-state index contributed by atoms with van der Waals surface area (Å²) in [6.07, 6.45) is 7.93. The van der Waals surface area contributed by atoms with Crippen molar-refractivity contribution in [2.75, 3.05) is 13.2 Å². The van der Waals surface area contributed by atoms with E-state index in [0.29, 0.717) is 32.0 Å². The molecule has 0 spiro atoms. The van der Waals surface area contributed by atoms with Crippen LogP contribution in [-0.4, -0.2) is 30.7 Å². The molecule has 1 saturated carbocycles. The van der Waals surface area contributed by atoms with E-state index in [2.05, 4.69) is 19.2 Å². The fourth-order valence-electron chi connectivity index (χ4n) is 3.51. The van der Waals surface area contributed by atoms with Crippen molar-refractivity contribution >= 4 is 5.91 Å². The van der Waals surface area contributed by atoms with Crippen molar-refractivity contribution in [2.24, 2.45) is 17.6 Å². The normalized spacial score (nSPS) is 26.8. The van der Waals surface area contributed by atoms with Crippen molar-refractivity contribution in [1.29, 1.82) is 0 Å². The number of rotatable bonds is 4. The first-order valence-corrected chi connectivity index (χ1v) is 8.20. The zero-order valence-corrected chi connectivity index (χ0v) is 13.0. The molecule has 0 bridgehead atoms. The van der Waals surface area contributed by atoms with Gasteiger partial charge in [-0.15, -0.1) is 0 Å². The summed E-state index contributed by atoms with van der Waals surface area (Å²) in [7, 11) is 0. The van der Waals surface area contributed by atoms with Gasteiger partial charge in [-0.25, -0.2) is 0 Å². The lowest BCUT2D eigenvalue weighted by Gasteiger charge is -2.36. The molecule has 2 unspecified atom stereocenters. The standard InChI is InChI=1S/C16H30N2O2/c1-12(14-6-4-3-5-7-14)13(2)18-15(19)16(17)8-10-20-11-9-16/h12-14H,3-11,17H2,1-2H3,(H,18,19). The van der Waals surface area contributed by atoms with E-state index in [9.17, 15) is 4.79 Å². The third-order valence-corrected chi connectivity index (χ3v) is 5.38. The molecule has 2 rings (SSSR count). The van der Waals surface area contributed by atoms with Crippen molar-refractivity contribution < 1.29 is 9.53 Å². The molecule has 20 heavy (non-hydrogen) atoms. The molecule has 2 atom stereocenters. The van der Waals surface area contributed by atoms with Crippen LogP contribution in [0.2, 0.25) is 0 Å². The molecule has 4 heteroatoms. The van der Waals surface area contributed by atoms with Gasteiger partial charge in [-0.1, -0.05) is 39.0 Å². The first kappa shape index (κ1) is 15.8. The molecule has 0 aromatic rings. The minimum Gasteiger partial charge on any atom is -0.381 e. The summed E-state index contributed by atoms with van der Waals surface area (Å²) in [4.78, 5) is 12.4. The van der Waals surface area contributed by atoms with Gasteiger partial charge in [0.1, 0.15) is 0 Å². The smallest absolute Gasteiger partial charge is 0.240 e. The van der Waals surface area contributed by atoms with Gasteiger partial charge in [0.2, 0.25) is 5.91 Å². The quantitative estimate of drug-likeness (QED) is 0.831. The minimum atomic E-state index is -0.723. The van der Waals surface area contributed by atoms with Crippen LogP contribution in [-0.2, 0) is 9.53 Å². The second-order valence-corrected chi connectivity index (χ2v) is 6.79. The van der Waals surface area contributed by atoms with Gasteiger partial charge in [0.15, 0.2) is 0 Å². The third kappa shape index (κ3) is 3.73. The van der Waals surface area contributed by atoms with E-state index in [1.54, 1.807) is 0 Å². The van der Waals surface area contributed by atoms with Gasteiger partial charge in [0.05, 0.1) is 5.54 Å². The highest BCUT2D eigenvalue weighted by Crippen LogP contribution is 2.31. The maximum atomic E-state index is 12.4. The summed E-state index contributed by atoms with van der Waals surface area (Å²) < 4.78 is 5.30. The summed E-state index contributed by atoms with van der Waals surface area (Å²) in [5.41, 5.74) is 5.51. The Balaban J connectivity index is 1.86. The Kier molecular flexibility index (Phi) is 5.44. The highest BCUT2D eigenvalue weighted by atomic mass is 16.5. The van der Waals surface area contributed by atoms with Gasteiger partial charge in [-0.2, -0.15) is 0 Å².